The lowest BCUT2D eigenvalue weighted by atomic mass is 10.1. The van der Waals surface area contributed by atoms with Crippen LogP contribution in [-0.4, -0.2) is 39.7 Å². The van der Waals surface area contributed by atoms with Gasteiger partial charge in [-0.05, 0) is 24.5 Å². The molecule has 0 aromatic heterocycles. The molecule has 4 nitrogen and oxygen atoms in total. The average molecular weight is 269 g/mol. The van der Waals surface area contributed by atoms with Crippen LogP contribution < -0.4 is 5.32 Å². The maximum absolute atomic E-state index is 12.1. The zero-order valence-corrected chi connectivity index (χ0v) is 11.4. The smallest absolute Gasteiger partial charge is 0.157 e. The highest BCUT2D eigenvalue weighted by Crippen LogP contribution is 2.23. The molecule has 5 heteroatoms. The molecule has 0 aliphatic carbocycles. The molecule has 1 aromatic carbocycles. The number of nitrogens with one attached hydrogen (secondary N) is 1. The SMILES string of the molecule is COCCS(=O)(=O)C1CCc2ccccc2NC1. The first kappa shape index (κ1) is 13.4. The monoisotopic (exact) mass is 269 g/mol. The van der Waals surface area contributed by atoms with Gasteiger partial charge in [-0.1, -0.05) is 18.2 Å². The van der Waals surface area contributed by atoms with Crippen molar-refractivity contribution in [1.29, 1.82) is 0 Å². The predicted octanol–water partition coefficient (Wildman–Crippen LogP) is 1.47. The number of anilines is 1. The van der Waals surface area contributed by atoms with Crippen LogP contribution in [0.3, 0.4) is 0 Å². The standard InChI is InChI=1S/C13H19NO3S/c1-17-8-9-18(15,16)12-7-6-11-4-2-3-5-13(11)14-10-12/h2-5,12,14H,6-10H2,1H3. The molecule has 0 saturated heterocycles. The van der Waals surface area contributed by atoms with Crippen molar-refractivity contribution >= 4 is 15.5 Å². The van der Waals surface area contributed by atoms with E-state index in [9.17, 15) is 8.42 Å². The van der Waals surface area contributed by atoms with Crippen molar-refractivity contribution in [3.8, 4) is 0 Å². The molecule has 0 amide bonds. The van der Waals surface area contributed by atoms with Crippen LogP contribution in [0.4, 0.5) is 5.69 Å². The lowest BCUT2D eigenvalue weighted by Gasteiger charge is -2.15. The Morgan fingerprint density at radius 3 is 2.94 bits per heavy atom. The van der Waals surface area contributed by atoms with Crippen molar-refractivity contribution in [2.24, 2.45) is 0 Å². The summed E-state index contributed by atoms with van der Waals surface area (Å²) in [6, 6.07) is 8.00. The van der Waals surface area contributed by atoms with Gasteiger partial charge in [0.25, 0.3) is 0 Å². The summed E-state index contributed by atoms with van der Waals surface area (Å²) in [6.07, 6.45) is 1.48. The van der Waals surface area contributed by atoms with Gasteiger partial charge in [0.05, 0.1) is 17.6 Å². The summed E-state index contributed by atoms with van der Waals surface area (Å²) in [5, 5.41) is 2.92. The quantitative estimate of drug-likeness (QED) is 0.899. The molecule has 1 aliphatic rings. The average Bonchev–Trinajstić information content (AvgIpc) is 2.59. The third kappa shape index (κ3) is 3.03. The molecule has 0 fully saturated rings. The summed E-state index contributed by atoms with van der Waals surface area (Å²) >= 11 is 0. The first-order valence-corrected chi connectivity index (χ1v) is 7.87. The van der Waals surface area contributed by atoms with Crippen molar-refractivity contribution in [2.75, 3.05) is 31.3 Å². The van der Waals surface area contributed by atoms with Crippen molar-refractivity contribution in [3.05, 3.63) is 29.8 Å². The van der Waals surface area contributed by atoms with Crippen molar-refractivity contribution in [3.63, 3.8) is 0 Å². The number of ether oxygens (including phenoxy) is 1. The van der Waals surface area contributed by atoms with E-state index >= 15 is 0 Å². The van der Waals surface area contributed by atoms with E-state index in [0.717, 1.165) is 12.1 Å². The van der Waals surface area contributed by atoms with Gasteiger partial charge < -0.3 is 10.1 Å². The Hall–Kier alpha value is -1.07. The molecule has 1 heterocycles. The van der Waals surface area contributed by atoms with E-state index in [1.54, 1.807) is 0 Å². The van der Waals surface area contributed by atoms with Gasteiger partial charge in [0.15, 0.2) is 9.84 Å². The number of benzene rings is 1. The van der Waals surface area contributed by atoms with Gasteiger partial charge in [0.1, 0.15) is 0 Å². The van der Waals surface area contributed by atoms with Gasteiger partial charge in [0.2, 0.25) is 0 Å². The van der Waals surface area contributed by atoms with Crippen LogP contribution in [0.25, 0.3) is 0 Å². The Bertz CT molecular complexity index is 472. The summed E-state index contributed by atoms with van der Waals surface area (Å²) < 4.78 is 29.1. The van der Waals surface area contributed by atoms with E-state index < -0.39 is 9.84 Å². The van der Waals surface area contributed by atoms with Crippen LogP contribution in [0, 0.1) is 0 Å². The number of methoxy groups -OCH3 is 1. The van der Waals surface area contributed by atoms with E-state index in [0.29, 0.717) is 13.0 Å². The molecule has 2 rings (SSSR count). The lowest BCUT2D eigenvalue weighted by molar-refractivity contribution is 0.217. The zero-order valence-electron chi connectivity index (χ0n) is 10.6. The molecule has 1 atom stereocenters. The molecule has 100 valence electrons. The Morgan fingerprint density at radius 1 is 1.39 bits per heavy atom. The third-order valence-electron chi connectivity index (χ3n) is 3.35. The second kappa shape index (κ2) is 5.71. The third-order valence-corrected chi connectivity index (χ3v) is 5.51. The van der Waals surface area contributed by atoms with Crippen LogP contribution in [-0.2, 0) is 21.0 Å². The number of rotatable bonds is 4. The first-order chi connectivity index (χ1) is 8.63. The van der Waals surface area contributed by atoms with Crippen molar-refractivity contribution in [1.82, 2.24) is 0 Å². The highest BCUT2D eigenvalue weighted by atomic mass is 32.2. The number of para-hydroxylation sites is 1. The number of sulfone groups is 1. The Labute approximate surface area is 108 Å². The molecule has 1 aliphatic heterocycles. The number of aryl methyl sites for hydroxylation is 1. The Morgan fingerprint density at radius 2 is 2.17 bits per heavy atom. The van der Waals surface area contributed by atoms with E-state index in [-0.39, 0.29) is 17.6 Å². The van der Waals surface area contributed by atoms with E-state index in [4.69, 9.17) is 4.74 Å². The number of hydrogen-bond donors (Lipinski definition) is 1. The minimum absolute atomic E-state index is 0.103. The molecule has 0 saturated carbocycles. The van der Waals surface area contributed by atoms with Gasteiger partial charge in [0, 0.05) is 19.3 Å². The molecular weight excluding hydrogens is 250 g/mol. The topological polar surface area (TPSA) is 55.4 Å². The van der Waals surface area contributed by atoms with Crippen LogP contribution in [0.15, 0.2) is 24.3 Å². The summed E-state index contributed by atoms with van der Waals surface area (Å²) in [4.78, 5) is 0. The molecule has 1 unspecified atom stereocenters. The fraction of sp³-hybridized carbons (Fsp3) is 0.538. The lowest BCUT2D eigenvalue weighted by Crippen LogP contribution is -2.31. The van der Waals surface area contributed by atoms with Gasteiger partial charge in [-0.15, -0.1) is 0 Å². The summed E-state index contributed by atoms with van der Waals surface area (Å²) in [6.45, 7) is 0.759. The fourth-order valence-corrected chi connectivity index (χ4v) is 3.77. The fourth-order valence-electron chi connectivity index (χ4n) is 2.23. The number of fused-ring (bicyclic) bond motifs is 1. The van der Waals surface area contributed by atoms with Crippen molar-refractivity contribution < 1.29 is 13.2 Å². The zero-order chi connectivity index (χ0) is 13.0. The predicted molar refractivity (Wildman–Crippen MR) is 72.7 cm³/mol. The van der Waals surface area contributed by atoms with Crippen LogP contribution in [0.2, 0.25) is 0 Å². The van der Waals surface area contributed by atoms with Gasteiger partial charge in [-0.25, -0.2) is 8.42 Å². The van der Waals surface area contributed by atoms with Gasteiger partial charge >= 0.3 is 0 Å². The molecule has 18 heavy (non-hydrogen) atoms. The molecular formula is C13H19NO3S. The summed E-state index contributed by atoms with van der Waals surface area (Å²) in [5.41, 5.74) is 2.25. The highest BCUT2D eigenvalue weighted by molar-refractivity contribution is 7.92. The van der Waals surface area contributed by atoms with E-state index in [2.05, 4.69) is 5.32 Å². The number of hydrogen-bond acceptors (Lipinski definition) is 4. The Balaban J connectivity index is 2.08. The normalized spacial score (nSPS) is 19.7. The minimum Gasteiger partial charge on any atom is -0.384 e. The maximum atomic E-state index is 12.1. The second-order valence-electron chi connectivity index (χ2n) is 4.56. The molecule has 0 bridgehead atoms. The molecule has 1 aromatic rings. The molecule has 0 spiro atoms. The highest BCUT2D eigenvalue weighted by Gasteiger charge is 2.27. The minimum atomic E-state index is -3.07. The summed E-state index contributed by atoms with van der Waals surface area (Å²) in [5.74, 6) is 0.103. The summed E-state index contributed by atoms with van der Waals surface area (Å²) in [7, 11) is -1.55. The second-order valence-corrected chi connectivity index (χ2v) is 6.96. The Kier molecular flexibility index (Phi) is 4.24. The van der Waals surface area contributed by atoms with Gasteiger partial charge in [-0.3, -0.25) is 0 Å². The van der Waals surface area contributed by atoms with Crippen molar-refractivity contribution in [2.45, 2.75) is 18.1 Å². The molecule has 0 radical (unpaired) electrons. The maximum Gasteiger partial charge on any atom is 0.157 e. The molecule has 1 N–H and O–H groups in total. The van der Waals surface area contributed by atoms with Crippen LogP contribution >= 0.6 is 0 Å². The largest absolute Gasteiger partial charge is 0.384 e. The van der Waals surface area contributed by atoms with E-state index in [1.165, 1.54) is 12.7 Å². The van der Waals surface area contributed by atoms with Gasteiger partial charge in [-0.2, -0.15) is 0 Å². The van der Waals surface area contributed by atoms with Crippen LogP contribution in [0.1, 0.15) is 12.0 Å². The first-order valence-electron chi connectivity index (χ1n) is 6.16. The van der Waals surface area contributed by atoms with Crippen LogP contribution in [0.5, 0.6) is 0 Å². The van der Waals surface area contributed by atoms with E-state index in [1.807, 2.05) is 24.3 Å².